The molecule has 2 aromatic carbocycles. The number of amides is 3. The van der Waals surface area contributed by atoms with Crippen molar-refractivity contribution in [2.45, 2.75) is 32.9 Å². The third-order valence-corrected chi connectivity index (χ3v) is 8.46. The number of carbonyl (C=O) groups excluding carboxylic acids is 2. The van der Waals surface area contributed by atoms with Gasteiger partial charge >= 0.3 is 6.03 Å². The Morgan fingerprint density at radius 2 is 1.55 bits per heavy atom. The van der Waals surface area contributed by atoms with Crippen LogP contribution in [0.25, 0.3) is 22.4 Å². The van der Waals surface area contributed by atoms with Gasteiger partial charge in [-0.05, 0) is 82.4 Å². The summed E-state index contributed by atoms with van der Waals surface area (Å²) in [5.74, 6) is 1.56. The molecule has 11 heteroatoms. The molecule has 2 N–H and O–H groups in total. The maximum atomic E-state index is 12.9. The van der Waals surface area contributed by atoms with Gasteiger partial charge in [0.15, 0.2) is 5.82 Å². The molecular weight excluding hydrogens is 556 g/mol. The van der Waals surface area contributed by atoms with E-state index in [9.17, 15) is 9.59 Å². The van der Waals surface area contributed by atoms with E-state index in [1.807, 2.05) is 29.2 Å². The molecule has 0 spiro atoms. The largest absolute Gasteiger partial charge is 0.378 e. The van der Waals surface area contributed by atoms with E-state index < -0.39 is 0 Å². The Bertz CT molecular complexity index is 1630. The van der Waals surface area contributed by atoms with Gasteiger partial charge in [-0.25, -0.2) is 14.8 Å². The first-order valence-electron chi connectivity index (χ1n) is 15.3. The number of ether oxygens (including phenoxy) is 1. The summed E-state index contributed by atoms with van der Waals surface area (Å²) in [4.78, 5) is 42.0. The van der Waals surface area contributed by atoms with E-state index in [2.05, 4.69) is 65.1 Å². The van der Waals surface area contributed by atoms with Crippen LogP contribution in [0.2, 0.25) is 0 Å². The lowest BCUT2D eigenvalue weighted by Gasteiger charge is -2.37. The SMILES string of the molecule is CC1CN(C(=O)c2ccc(NC(=O)Nc3ccc(-c4nc(N5CCOCC5)c5ccn(C(C)C)c5n4)cc3)cc2)CCN1C. The molecule has 3 amide bonds. The zero-order chi connectivity index (χ0) is 30.8. The van der Waals surface area contributed by atoms with Crippen molar-refractivity contribution >= 4 is 40.2 Å². The molecule has 44 heavy (non-hydrogen) atoms. The predicted octanol–water partition coefficient (Wildman–Crippen LogP) is 4.94. The Kier molecular flexibility index (Phi) is 8.49. The second kappa shape index (κ2) is 12.6. The average molecular weight is 597 g/mol. The number of fused-ring (bicyclic) bond motifs is 1. The molecule has 0 saturated carbocycles. The maximum absolute atomic E-state index is 12.9. The van der Waals surface area contributed by atoms with Gasteiger partial charge in [0.2, 0.25) is 0 Å². The molecule has 4 heterocycles. The van der Waals surface area contributed by atoms with Crippen molar-refractivity contribution < 1.29 is 14.3 Å². The fourth-order valence-corrected chi connectivity index (χ4v) is 5.69. The maximum Gasteiger partial charge on any atom is 0.323 e. The molecule has 2 aromatic heterocycles. The molecule has 0 radical (unpaired) electrons. The first kappa shape index (κ1) is 29.6. The number of hydrogen-bond donors (Lipinski definition) is 2. The summed E-state index contributed by atoms with van der Waals surface area (Å²) in [5, 5.41) is 6.76. The van der Waals surface area contributed by atoms with Crippen LogP contribution in [-0.2, 0) is 4.74 Å². The zero-order valence-electron chi connectivity index (χ0n) is 25.8. The number of hydrogen-bond acceptors (Lipinski definition) is 7. The predicted molar refractivity (Wildman–Crippen MR) is 173 cm³/mol. The molecule has 1 atom stereocenters. The topological polar surface area (TPSA) is 108 Å². The van der Waals surface area contributed by atoms with Crippen LogP contribution in [0.5, 0.6) is 0 Å². The van der Waals surface area contributed by atoms with Crippen LogP contribution in [-0.4, -0.2) is 95.3 Å². The number of nitrogens with zero attached hydrogens (tertiary/aromatic N) is 6. The van der Waals surface area contributed by atoms with Crippen LogP contribution >= 0.6 is 0 Å². The minimum atomic E-state index is -0.369. The number of piperazine rings is 1. The Hall–Kier alpha value is -4.48. The number of anilines is 3. The highest BCUT2D eigenvalue weighted by molar-refractivity contribution is 6.00. The summed E-state index contributed by atoms with van der Waals surface area (Å²) in [6.07, 6.45) is 2.07. The van der Waals surface area contributed by atoms with Crippen LogP contribution in [0.4, 0.5) is 22.0 Å². The van der Waals surface area contributed by atoms with Gasteiger partial charge in [0, 0.05) is 73.5 Å². The van der Waals surface area contributed by atoms with Crippen LogP contribution < -0.4 is 15.5 Å². The third-order valence-electron chi connectivity index (χ3n) is 8.46. The van der Waals surface area contributed by atoms with E-state index in [1.54, 1.807) is 24.3 Å². The van der Waals surface area contributed by atoms with E-state index in [0.29, 0.717) is 55.1 Å². The van der Waals surface area contributed by atoms with Gasteiger partial charge in [0.1, 0.15) is 11.5 Å². The van der Waals surface area contributed by atoms with E-state index in [-0.39, 0.29) is 18.0 Å². The summed E-state index contributed by atoms with van der Waals surface area (Å²) in [6, 6.07) is 16.9. The van der Waals surface area contributed by atoms with Gasteiger partial charge in [-0.2, -0.15) is 0 Å². The molecular formula is C33H40N8O3. The lowest BCUT2D eigenvalue weighted by molar-refractivity contribution is 0.0572. The number of rotatable bonds is 6. The van der Waals surface area contributed by atoms with E-state index in [0.717, 1.165) is 42.0 Å². The lowest BCUT2D eigenvalue weighted by atomic mass is 10.1. The Morgan fingerprint density at radius 1 is 0.886 bits per heavy atom. The number of carbonyl (C=O) groups is 2. The second-order valence-electron chi connectivity index (χ2n) is 11.8. The van der Waals surface area contributed by atoms with Gasteiger partial charge in [-0.1, -0.05) is 0 Å². The number of morpholine rings is 1. The first-order valence-corrected chi connectivity index (χ1v) is 15.3. The minimum Gasteiger partial charge on any atom is -0.378 e. The van der Waals surface area contributed by atoms with Gasteiger partial charge in [0.25, 0.3) is 5.91 Å². The Morgan fingerprint density at radius 3 is 2.18 bits per heavy atom. The number of aromatic nitrogens is 3. The lowest BCUT2D eigenvalue weighted by Crippen LogP contribution is -2.52. The van der Waals surface area contributed by atoms with Crippen LogP contribution in [0, 0.1) is 0 Å². The van der Waals surface area contributed by atoms with E-state index in [1.165, 1.54) is 0 Å². The number of nitrogens with one attached hydrogen (secondary N) is 2. The van der Waals surface area contributed by atoms with Gasteiger partial charge in [0.05, 0.1) is 18.6 Å². The van der Waals surface area contributed by atoms with Crippen molar-refractivity contribution in [3.05, 3.63) is 66.4 Å². The smallest absolute Gasteiger partial charge is 0.323 e. The fraction of sp³-hybridized carbons (Fsp3) is 0.394. The highest BCUT2D eigenvalue weighted by Gasteiger charge is 2.25. The van der Waals surface area contributed by atoms with Gasteiger partial charge in [-0.3, -0.25) is 4.79 Å². The summed E-state index contributed by atoms with van der Waals surface area (Å²) < 4.78 is 7.74. The van der Waals surface area contributed by atoms with Crippen molar-refractivity contribution in [1.29, 1.82) is 0 Å². The molecule has 230 valence electrons. The van der Waals surface area contributed by atoms with Gasteiger partial charge in [-0.15, -0.1) is 0 Å². The Balaban J connectivity index is 1.12. The number of likely N-dealkylation sites (N-methyl/N-ethyl adjacent to an activating group) is 1. The zero-order valence-corrected chi connectivity index (χ0v) is 25.8. The van der Waals surface area contributed by atoms with E-state index in [4.69, 9.17) is 14.7 Å². The average Bonchev–Trinajstić information content (AvgIpc) is 3.47. The van der Waals surface area contributed by atoms with E-state index >= 15 is 0 Å². The van der Waals surface area contributed by atoms with Crippen LogP contribution in [0.15, 0.2) is 60.8 Å². The molecule has 2 fully saturated rings. The Labute approximate surface area is 257 Å². The van der Waals surface area contributed by atoms with Crippen LogP contribution in [0.1, 0.15) is 37.2 Å². The normalized spacial score (nSPS) is 17.7. The number of urea groups is 1. The fourth-order valence-electron chi connectivity index (χ4n) is 5.69. The molecule has 2 saturated heterocycles. The third kappa shape index (κ3) is 6.24. The first-order chi connectivity index (χ1) is 21.3. The standard InChI is InChI=1S/C33H40N8O3/c1-22(2)41-14-13-28-30(39-17-19-44-20-18-39)36-29(37-31(28)41)24-5-9-26(10-6-24)34-33(43)35-27-11-7-25(8-12-27)32(42)40-16-15-38(4)23(3)21-40/h5-14,22-23H,15-21H2,1-4H3,(H2,34,35,43). The second-order valence-corrected chi connectivity index (χ2v) is 11.8. The minimum absolute atomic E-state index is 0.0126. The summed E-state index contributed by atoms with van der Waals surface area (Å²) in [7, 11) is 2.08. The molecule has 1 unspecified atom stereocenters. The molecule has 4 aromatic rings. The summed E-state index contributed by atoms with van der Waals surface area (Å²) >= 11 is 0. The molecule has 0 aliphatic carbocycles. The van der Waals surface area contributed by atoms with Crippen molar-refractivity contribution in [2.24, 2.45) is 0 Å². The quantitative estimate of drug-likeness (QED) is 0.325. The number of benzene rings is 2. The van der Waals surface area contributed by atoms with Crippen molar-refractivity contribution in [2.75, 3.05) is 68.5 Å². The highest BCUT2D eigenvalue weighted by atomic mass is 16.5. The van der Waals surface area contributed by atoms with Crippen molar-refractivity contribution in [1.82, 2.24) is 24.3 Å². The molecule has 2 aliphatic rings. The van der Waals surface area contributed by atoms with Gasteiger partial charge < -0.3 is 34.6 Å². The molecule has 6 rings (SSSR count). The monoisotopic (exact) mass is 596 g/mol. The summed E-state index contributed by atoms with van der Waals surface area (Å²) in [6.45, 7) is 11.6. The van der Waals surface area contributed by atoms with Crippen molar-refractivity contribution in [3.8, 4) is 11.4 Å². The summed E-state index contributed by atoms with van der Waals surface area (Å²) in [5.41, 5.74) is 3.62. The molecule has 0 bridgehead atoms. The molecule has 11 nitrogen and oxygen atoms in total. The van der Waals surface area contributed by atoms with Crippen molar-refractivity contribution in [3.63, 3.8) is 0 Å². The highest BCUT2D eigenvalue weighted by Crippen LogP contribution is 2.31. The van der Waals surface area contributed by atoms with Crippen LogP contribution in [0.3, 0.4) is 0 Å². The molecule has 2 aliphatic heterocycles.